The Labute approximate surface area is 130 Å². The van der Waals surface area contributed by atoms with Crippen LogP contribution in [0, 0.1) is 5.92 Å². The summed E-state index contributed by atoms with van der Waals surface area (Å²) < 4.78 is 10.7. The number of ether oxygens (including phenoxy) is 2. The molecule has 122 valence electrons. The number of nitrogens with two attached hydrogens (primary N) is 1. The van der Waals surface area contributed by atoms with E-state index in [0.29, 0.717) is 6.42 Å². The van der Waals surface area contributed by atoms with Gasteiger partial charge >= 0.3 is 5.97 Å². The first kappa shape index (κ1) is 16.4. The van der Waals surface area contributed by atoms with Gasteiger partial charge in [0.05, 0.1) is 19.9 Å². The van der Waals surface area contributed by atoms with E-state index in [4.69, 9.17) is 20.3 Å². The quantitative estimate of drug-likeness (QED) is 0.832. The molecule has 3 N–H and O–H groups in total. The number of methoxy groups -OCH3 is 2. The summed E-state index contributed by atoms with van der Waals surface area (Å²) in [6.45, 7) is 1.51. The summed E-state index contributed by atoms with van der Waals surface area (Å²) in [6.07, 6.45) is 1.68. The van der Waals surface area contributed by atoms with Gasteiger partial charge in [-0.15, -0.1) is 0 Å². The van der Waals surface area contributed by atoms with Crippen molar-refractivity contribution in [1.82, 2.24) is 0 Å². The van der Waals surface area contributed by atoms with Crippen LogP contribution in [-0.4, -0.2) is 44.4 Å². The molecule has 2 atom stereocenters. The van der Waals surface area contributed by atoms with Crippen molar-refractivity contribution in [2.45, 2.75) is 25.3 Å². The fraction of sp³-hybridized carbons (Fsp3) is 0.562. The van der Waals surface area contributed by atoms with Crippen LogP contribution in [0.1, 0.15) is 19.3 Å². The number of carboxylic acid groups (broad SMARTS) is 1. The topological polar surface area (TPSA) is 85.0 Å². The molecule has 1 aliphatic rings. The summed E-state index contributed by atoms with van der Waals surface area (Å²) in [5.74, 6) is 1.05. The zero-order valence-electron chi connectivity index (χ0n) is 13.1. The summed E-state index contributed by atoms with van der Waals surface area (Å²) in [6, 6.07) is 5.70. The third-order valence-corrected chi connectivity index (χ3v) is 4.06. The van der Waals surface area contributed by atoms with E-state index in [1.807, 2.05) is 18.2 Å². The van der Waals surface area contributed by atoms with E-state index in [1.54, 1.807) is 14.2 Å². The van der Waals surface area contributed by atoms with Crippen molar-refractivity contribution in [1.29, 1.82) is 0 Å². The standard InChI is InChI=1S/C16H24N2O4/c1-21-13-4-5-15(22-2)14(8-13)18-9-11(3-6-16(19)20)7-12(17)10-18/h4-5,8,11-12H,3,6-7,9-10,17H2,1-2H3,(H,19,20). The minimum Gasteiger partial charge on any atom is -0.497 e. The van der Waals surface area contributed by atoms with Gasteiger partial charge in [0.2, 0.25) is 0 Å². The van der Waals surface area contributed by atoms with Crippen LogP contribution in [0.5, 0.6) is 11.5 Å². The van der Waals surface area contributed by atoms with Crippen molar-refractivity contribution in [3.05, 3.63) is 18.2 Å². The fourth-order valence-corrected chi connectivity index (χ4v) is 3.02. The number of nitrogens with zero attached hydrogens (tertiary/aromatic N) is 1. The molecular weight excluding hydrogens is 284 g/mol. The first-order valence-corrected chi connectivity index (χ1v) is 7.47. The van der Waals surface area contributed by atoms with Gasteiger partial charge in [0.25, 0.3) is 0 Å². The highest BCUT2D eigenvalue weighted by atomic mass is 16.5. The van der Waals surface area contributed by atoms with Gasteiger partial charge in [-0.3, -0.25) is 4.79 Å². The Hall–Kier alpha value is -1.95. The average Bonchev–Trinajstić information content (AvgIpc) is 2.51. The maximum Gasteiger partial charge on any atom is 0.303 e. The van der Waals surface area contributed by atoms with Gasteiger partial charge in [0, 0.05) is 31.6 Å². The van der Waals surface area contributed by atoms with E-state index in [2.05, 4.69) is 4.90 Å². The van der Waals surface area contributed by atoms with Crippen molar-refractivity contribution in [2.75, 3.05) is 32.2 Å². The first-order valence-electron chi connectivity index (χ1n) is 7.47. The van der Waals surface area contributed by atoms with Gasteiger partial charge in [-0.25, -0.2) is 0 Å². The van der Waals surface area contributed by atoms with Gasteiger partial charge in [0.15, 0.2) is 0 Å². The highest BCUT2D eigenvalue weighted by Crippen LogP contribution is 2.35. The highest BCUT2D eigenvalue weighted by molar-refractivity contribution is 5.66. The van der Waals surface area contributed by atoms with Crippen LogP contribution in [0.15, 0.2) is 18.2 Å². The molecule has 1 heterocycles. The highest BCUT2D eigenvalue weighted by Gasteiger charge is 2.27. The maximum atomic E-state index is 10.8. The lowest BCUT2D eigenvalue weighted by Gasteiger charge is -2.38. The van der Waals surface area contributed by atoms with E-state index in [-0.39, 0.29) is 18.4 Å². The molecule has 1 fully saturated rings. The van der Waals surface area contributed by atoms with Gasteiger partial charge in [-0.2, -0.15) is 0 Å². The van der Waals surface area contributed by atoms with Crippen LogP contribution in [0.2, 0.25) is 0 Å². The molecule has 0 spiro atoms. The second-order valence-corrected chi connectivity index (χ2v) is 5.74. The molecule has 1 aromatic carbocycles. The minimum absolute atomic E-state index is 0.0310. The molecule has 6 heteroatoms. The Morgan fingerprint density at radius 2 is 2.14 bits per heavy atom. The summed E-state index contributed by atoms with van der Waals surface area (Å²) in [5.41, 5.74) is 7.10. The second-order valence-electron chi connectivity index (χ2n) is 5.74. The molecule has 2 unspecified atom stereocenters. The van der Waals surface area contributed by atoms with Crippen LogP contribution >= 0.6 is 0 Å². The fourth-order valence-electron chi connectivity index (χ4n) is 3.02. The molecule has 1 saturated heterocycles. The zero-order valence-corrected chi connectivity index (χ0v) is 13.1. The number of anilines is 1. The second kappa shape index (κ2) is 7.35. The van der Waals surface area contributed by atoms with Crippen molar-refractivity contribution in [3.63, 3.8) is 0 Å². The van der Waals surface area contributed by atoms with E-state index < -0.39 is 5.97 Å². The molecule has 0 amide bonds. The average molecular weight is 308 g/mol. The summed E-state index contributed by atoms with van der Waals surface area (Å²) in [5, 5.41) is 8.86. The van der Waals surface area contributed by atoms with Crippen molar-refractivity contribution in [3.8, 4) is 11.5 Å². The van der Waals surface area contributed by atoms with Crippen LogP contribution < -0.4 is 20.1 Å². The third kappa shape index (κ3) is 4.04. The molecule has 0 radical (unpaired) electrons. The lowest BCUT2D eigenvalue weighted by molar-refractivity contribution is -0.137. The molecule has 0 aromatic heterocycles. The van der Waals surface area contributed by atoms with Crippen LogP contribution in [0.25, 0.3) is 0 Å². The lowest BCUT2D eigenvalue weighted by Crippen LogP contribution is -2.47. The van der Waals surface area contributed by atoms with E-state index in [1.165, 1.54) is 0 Å². The lowest BCUT2D eigenvalue weighted by atomic mass is 9.90. The van der Waals surface area contributed by atoms with Crippen LogP contribution in [0.4, 0.5) is 5.69 Å². The zero-order chi connectivity index (χ0) is 16.1. The Kier molecular flexibility index (Phi) is 5.49. The van der Waals surface area contributed by atoms with Crippen molar-refractivity contribution < 1.29 is 19.4 Å². The molecule has 6 nitrogen and oxygen atoms in total. The van der Waals surface area contributed by atoms with Gasteiger partial charge < -0.3 is 25.2 Å². The summed E-state index contributed by atoms with van der Waals surface area (Å²) in [4.78, 5) is 12.9. The molecule has 1 aromatic rings. The number of carbonyl (C=O) groups is 1. The number of hydrogen-bond donors (Lipinski definition) is 2. The van der Waals surface area contributed by atoms with Crippen LogP contribution in [0.3, 0.4) is 0 Å². The molecule has 0 aliphatic carbocycles. The predicted octanol–water partition coefficient (Wildman–Crippen LogP) is 1.72. The predicted molar refractivity (Wildman–Crippen MR) is 84.7 cm³/mol. The molecule has 0 saturated carbocycles. The minimum atomic E-state index is -0.760. The Morgan fingerprint density at radius 3 is 2.77 bits per heavy atom. The molecule has 1 aliphatic heterocycles. The van der Waals surface area contributed by atoms with Gasteiger partial charge in [-0.05, 0) is 30.9 Å². The third-order valence-electron chi connectivity index (χ3n) is 4.06. The summed E-state index contributed by atoms with van der Waals surface area (Å²) >= 11 is 0. The number of benzene rings is 1. The number of piperidine rings is 1. The number of rotatable bonds is 6. The van der Waals surface area contributed by atoms with E-state index >= 15 is 0 Å². The largest absolute Gasteiger partial charge is 0.497 e. The SMILES string of the molecule is COc1ccc(OC)c(N2CC(N)CC(CCC(=O)O)C2)c1. The maximum absolute atomic E-state index is 10.8. The van der Waals surface area contributed by atoms with Gasteiger partial charge in [-0.1, -0.05) is 0 Å². The smallest absolute Gasteiger partial charge is 0.303 e. The van der Waals surface area contributed by atoms with E-state index in [9.17, 15) is 4.79 Å². The summed E-state index contributed by atoms with van der Waals surface area (Å²) in [7, 11) is 3.26. The number of aliphatic carboxylic acids is 1. The van der Waals surface area contributed by atoms with Crippen molar-refractivity contribution in [2.24, 2.45) is 11.7 Å². The molecule has 2 rings (SSSR count). The molecule has 0 bridgehead atoms. The van der Waals surface area contributed by atoms with E-state index in [0.717, 1.165) is 36.7 Å². The monoisotopic (exact) mass is 308 g/mol. The number of carboxylic acids is 1. The Bertz CT molecular complexity index is 521. The number of hydrogen-bond acceptors (Lipinski definition) is 5. The molecular formula is C16H24N2O4. The normalized spacial score (nSPS) is 21.5. The van der Waals surface area contributed by atoms with Crippen LogP contribution in [-0.2, 0) is 4.79 Å². The Balaban J connectivity index is 2.17. The Morgan fingerprint density at radius 1 is 1.36 bits per heavy atom. The van der Waals surface area contributed by atoms with Crippen molar-refractivity contribution >= 4 is 11.7 Å². The van der Waals surface area contributed by atoms with Gasteiger partial charge in [0.1, 0.15) is 11.5 Å². The first-order chi connectivity index (χ1) is 10.5. The molecule has 22 heavy (non-hydrogen) atoms.